The van der Waals surface area contributed by atoms with Gasteiger partial charge in [0.15, 0.2) is 0 Å². The van der Waals surface area contributed by atoms with Crippen molar-refractivity contribution < 1.29 is 9.21 Å². The number of nitrogens with zero attached hydrogens (tertiary/aromatic N) is 1. The van der Waals surface area contributed by atoms with Crippen molar-refractivity contribution in [3.05, 3.63) is 46.9 Å². The van der Waals surface area contributed by atoms with Gasteiger partial charge in [-0.1, -0.05) is 11.6 Å². The minimum Gasteiger partial charge on any atom is -0.465 e. The predicted molar refractivity (Wildman–Crippen MR) is 84.3 cm³/mol. The number of aryl methyl sites for hydroxylation is 1. The monoisotopic (exact) mass is 307 g/mol. The molecule has 0 bridgehead atoms. The second-order valence-corrected chi connectivity index (χ2v) is 5.40. The lowest BCUT2D eigenvalue weighted by molar-refractivity contribution is -0.117. The van der Waals surface area contributed by atoms with E-state index in [1.165, 1.54) is 0 Å². The number of hydrogen-bond donors (Lipinski definition) is 2. The molecule has 1 aromatic heterocycles. The van der Waals surface area contributed by atoms with Gasteiger partial charge in [-0.15, -0.1) is 0 Å². The zero-order valence-electron chi connectivity index (χ0n) is 12.0. The number of hydrogen-bond acceptors (Lipinski definition) is 4. The maximum Gasteiger partial charge on any atom is 0.238 e. The molecule has 0 aliphatic rings. The van der Waals surface area contributed by atoms with E-state index in [9.17, 15) is 4.79 Å². The maximum absolute atomic E-state index is 12.0. The first kappa shape index (κ1) is 15.4. The second-order valence-electron chi connectivity index (χ2n) is 4.96. The van der Waals surface area contributed by atoms with Crippen molar-refractivity contribution >= 4 is 28.9 Å². The van der Waals surface area contributed by atoms with Crippen LogP contribution in [0.1, 0.15) is 11.5 Å². The molecule has 1 aromatic carbocycles. The van der Waals surface area contributed by atoms with Crippen LogP contribution in [0.3, 0.4) is 0 Å². The maximum atomic E-state index is 12.0. The number of amides is 1. The van der Waals surface area contributed by atoms with E-state index in [1.54, 1.807) is 18.2 Å². The molecule has 2 aromatic rings. The summed E-state index contributed by atoms with van der Waals surface area (Å²) in [4.78, 5) is 13.9. The molecule has 112 valence electrons. The lowest BCUT2D eigenvalue weighted by atomic mass is 10.2. The summed E-state index contributed by atoms with van der Waals surface area (Å²) in [6.07, 6.45) is 0. The zero-order chi connectivity index (χ0) is 15.4. The molecule has 6 heteroatoms. The lowest BCUT2D eigenvalue weighted by Crippen LogP contribution is -2.29. The van der Waals surface area contributed by atoms with Gasteiger partial charge in [0, 0.05) is 5.02 Å². The van der Waals surface area contributed by atoms with Crippen LogP contribution in [0.25, 0.3) is 0 Å². The number of carbonyl (C=O) groups excluding carboxylic acids is 1. The Balaban J connectivity index is 1.90. The zero-order valence-corrected chi connectivity index (χ0v) is 12.8. The van der Waals surface area contributed by atoms with Crippen molar-refractivity contribution in [2.45, 2.75) is 13.5 Å². The fourth-order valence-corrected chi connectivity index (χ4v) is 2.14. The molecule has 2 rings (SSSR count). The van der Waals surface area contributed by atoms with Crippen molar-refractivity contribution in [1.82, 2.24) is 4.90 Å². The number of furan rings is 1. The summed E-state index contributed by atoms with van der Waals surface area (Å²) < 4.78 is 5.48. The Hall–Kier alpha value is -1.98. The smallest absolute Gasteiger partial charge is 0.238 e. The van der Waals surface area contributed by atoms with E-state index >= 15 is 0 Å². The molecule has 3 N–H and O–H groups in total. The number of anilines is 2. The van der Waals surface area contributed by atoms with Crippen LogP contribution in [0.5, 0.6) is 0 Å². The number of benzene rings is 1. The Morgan fingerprint density at radius 1 is 1.38 bits per heavy atom. The summed E-state index contributed by atoms with van der Waals surface area (Å²) in [5.41, 5.74) is 6.80. The highest BCUT2D eigenvalue weighted by molar-refractivity contribution is 6.31. The van der Waals surface area contributed by atoms with Gasteiger partial charge in [-0.05, 0) is 44.3 Å². The van der Waals surface area contributed by atoms with Crippen LogP contribution in [0, 0.1) is 6.92 Å². The minimum atomic E-state index is -0.158. The fraction of sp³-hybridized carbons (Fsp3) is 0.267. The topological polar surface area (TPSA) is 71.5 Å². The number of halogens is 1. The van der Waals surface area contributed by atoms with Crippen LogP contribution in [0.2, 0.25) is 5.02 Å². The molecule has 1 heterocycles. The Morgan fingerprint density at radius 3 is 2.81 bits per heavy atom. The number of nitrogens with two attached hydrogens (primary N) is 1. The van der Waals surface area contributed by atoms with Crippen molar-refractivity contribution in [1.29, 1.82) is 0 Å². The summed E-state index contributed by atoms with van der Waals surface area (Å²) in [6, 6.07) is 8.77. The Kier molecular flexibility index (Phi) is 4.88. The Morgan fingerprint density at radius 2 is 2.14 bits per heavy atom. The Labute approximate surface area is 128 Å². The fourth-order valence-electron chi connectivity index (χ4n) is 1.96. The van der Waals surface area contributed by atoms with E-state index in [4.69, 9.17) is 21.8 Å². The quantitative estimate of drug-likeness (QED) is 0.833. The molecule has 0 spiro atoms. The summed E-state index contributed by atoms with van der Waals surface area (Å²) in [6.45, 7) is 2.68. The van der Waals surface area contributed by atoms with Crippen LogP contribution in [-0.4, -0.2) is 24.4 Å². The van der Waals surface area contributed by atoms with Gasteiger partial charge in [-0.25, -0.2) is 0 Å². The molecule has 0 saturated carbocycles. The van der Waals surface area contributed by atoms with Gasteiger partial charge in [0.1, 0.15) is 11.5 Å². The largest absolute Gasteiger partial charge is 0.465 e. The van der Waals surface area contributed by atoms with Crippen molar-refractivity contribution in [3.63, 3.8) is 0 Å². The van der Waals surface area contributed by atoms with Gasteiger partial charge >= 0.3 is 0 Å². The van der Waals surface area contributed by atoms with Gasteiger partial charge in [-0.2, -0.15) is 0 Å². The van der Waals surface area contributed by atoms with Gasteiger partial charge in [0.25, 0.3) is 0 Å². The van der Waals surface area contributed by atoms with Gasteiger partial charge in [-0.3, -0.25) is 9.69 Å². The molecular weight excluding hydrogens is 290 g/mol. The van der Waals surface area contributed by atoms with Crippen molar-refractivity contribution in [3.8, 4) is 0 Å². The molecule has 5 nitrogen and oxygen atoms in total. The second kappa shape index (κ2) is 6.65. The highest BCUT2D eigenvalue weighted by Crippen LogP contribution is 2.22. The molecular formula is C15H18ClN3O2. The number of nitrogen functional groups attached to an aromatic ring is 1. The summed E-state index contributed by atoms with van der Waals surface area (Å²) >= 11 is 5.89. The molecule has 1 amide bonds. The third kappa shape index (κ3) is 4.51. The van der Waals surface area contributed by atoms with Gasteiger partial charge < -0.3 is 15.5 Å². The number of carbonyl (C=O) groups is 1. The summed E-state index contributed by atoms with van der Waals surface area (Å²) in [7, 11) is 1.85. The lowest BCUT2D eigenvalue weighted by Gasteiger charge is -2.15. The van der Waals surface area contributed by atoms with Crippen LogP contribution in [-0.2, 0) is 11.3 Å². The molecule has 0 aliphatic heterocycles. The Bertz CT molecular complexity index is 640. The van der Waals surface area contributed by atoms with E-state index in [0.717, 1.165) is 11.5 Å². The molecule has 21 heavy (non-hydrogen) atoms. The van der Waals surface area contributed by atoms with E-state index in [2.05, 4.69) is 5.32 Å². The number of rotatable bonds is 5. The molecule has 0 fully saturated rings. The van der Waals surface area contributed by atoms with E-state index in [0.29, 0.717) is 22.9 Å². The normalized spacial score (nSPS) is 10.9. The summed E-state index contributed by atoms with van der Waals surface area (Å²) in [5.74, 6) is 1.52. The molecule has 0 aliphatic carbocycles. The summed E-state index contributed by atoms with van der Waals surface area (Å²) in [5, 5.41) is 3.28. The van der Waals surface area contributed by atoms with E-state index in [1.807, 2.05) is 31.0 Å². The first-order valence-electron chi connectivity index (χ1n) is 6.53. The minimum absolute atomic E-state index is 0.158. The number of likely N-dealkylation sites (N-methyl/N-ethyl adjacent to an activating group) is 1. The van der Waals surface area contributed by atoms with Crippen LogP contribution in [0.4, 0.5) is 11.4 Å². The van der Waals surface area contributed by atoms with Crippen LogP contribution in [0.15, 0.2) is 34.7 Å². The van der Waals surface area contributed by atoms with E-state index < -0.39 is 0 Å². The van der Waals surface area contributed by atoms with Gasteiger partial charge in [0.05, 0.1) is 24.5 Å². The highest BCUT2D eigenvalue weighted by Gasteiger charge is 2.11. The third-order valence-electron chi connectivity index (χ3n) is 2.92. The van der Waals surface area contributed by atoms with E-state index in [-0.39, 0.29) is 12.5 Å². The van der Waals surface area contributed by atoms with Crippen molar-refractivity contribution in [2.75, 3.05) is 24.6 Å². The average molecular weight is 308 g/mol. The number of nitrogens with one attached hydrogen (secondary N) is 1. The third-order valence-corrected chi connectivity index (χ3v) is 3.16. The first-order chi connectivity index (χ1) is 9.94. The average Bonchev–Trinajstić information content (AvgIpc) is 2.79. The standard InChI is InChI=1S/C15H18ClN3O2/c1-10-3-5-12(21-10)8-19(2)9-15(20)18-14-7-11(16)4-6-13(14)17/h3-7H,8-9,17H2,1-2H3,(H,18,20). The van der Waals surface area contributed by atoms with Crippen molar-refractivity contribution in [2.24, 2.45) is 0 Å². The SMILES string of the molecule is Cc1ccc(CN(C)CC(=O)Nc2cc(Cl)ccc2N)o1. The van der Waals surface area contributed by atoms with Crippen LogP contribution < -0.4 is 11.1 Å². The highest BCUT2D eigenvalue weighted by atomic mass is 35.5. The first-order valence-corrected chi connectivity index (χ1v) is 6.90. The molecule has 0 atom stereocenters. The molecule has 0 unspecified atom stereocenters. The van der Waals surface area contributed by atoms with Crippen LogP contribution >= 0.6 is 11.6 Å². The predicted octanol–water partition coefficient (Wildman–Crippen LogP) is 2.89. The molecule has 0 radical (unpaired) electrons. The molecule has 0 saturated heterocycles. The van der Waals surface area contributed by atoms with Gasteiger partial charge in [0.2, 0.25) is 5.91 Å².